The maximum atomic E-state index is 12.0. The van der Waals surface area contributed by atoms with E-state index in [-0.39, 0.29) is 17.8 Å². The molecule has 0 aliphatic carbocycles. The highest BCUT2D eigenvalue weighted by Crippen LogP contribution is 2.23. The fraction of sp³-hybridized carbons (Fsp3) is 0.263. The fourth-order valence-corrected chi connectivity index (χ4v) is 2.95. The zero-order valence-electron chi connectivity index (χ0n) is 13.8. The van der Waals surface area contributed by atoms with Crippen molar-refractivity contribution in [2.45, 2.75) is 30.5 Å². The molecular weight excluding hydrogens is 322 g/mol. The summed E-state index contributed by atoms with van der Waals surface area (Å²) in [6, 6.07) is 17.5. The van der Waals surface area contributed by atoms with E-state index in [4.69, 9.17) is 4.74 Å². The molecule has 0 saturated carbocycles. The fourth-order valence-electron chi connectivity index (χ4n) is 2.06. The topological polar surface area (TPSA) is 55.4 Å². The van der Waals surface area contributed by atoms with Crippen LogP contribution in [0.25, 0.3) is 0 Å². The normalized spacial score (nSPS) is 11.6. The van der Waals surface area contributed by atoms with Gasteiger partial charge in [0.15, 0.2) is 6.61 Å². The number of benzene rings is 2. The van der Waals surface area contributed by atoms with E-state index in [0.717, 1.165) is 16.0 Å². The third-order valence-corrected chi connectivity index (χ3v) is 4.56. The van der Waals surface area contributed by atoms with E-state index in [0.29, 0.717) is 6.54 Å². The highest BCUT2D eigenvalue weighted by Gasteiger charge is 2.17. The Morgan fingerprint density at radius 1 is 1.08 bits per heavy atom. The summed E-state index contributed by atoms with van der Waals surface area (Å²) in [5.41, 5.74) is 2.16. The number of amides is 1. The van der Waals surface area contributed by atoms with E-state index in [1.807, 2.05) is 61.5 Å². The zero-order valence-corrected chi connectivity index (χ0v) is 14.6. The van der Waals surface area contributed by atoms with E-state index >= 15 is 0 Å². The number of hydrogen-bond acceptors (Lipinski definition) is 4. The van der Waals surface area contributed by atoms with Crippen LogP contribution in [0.5, 0.6) is 0 Å². The predicted molar refractivity (Wildman–Crippen MR) is 95.7 cm³/mol. The van der Waals surface area contributed by atoms with Crippen molar-refractivity contribution in [1.29, 1.82) is 0 Å². The Bertz CT molecular complexity index is 688. The van der Waals surface area contributed by atoms with Gasteiger partial charge in [0.25, 0.3) is 5.91 Å². The summed E-state index contributed by atoms with van der Waals surface area (Å²) in [6.07, 6.45) is 0. The lowest BCUT2D eigenvalue weighted by molar-refractivity contribution is -0.147. The standard InChI is InChI=1S/C19H21NO3S/c1-14-8-6-7-9-16(14)12-20-18(21)13-23-19(22)15(2)24-17-10-4-3-5-11-17/h3-11,15H,12-13H2,1-2H3,(H,20,21)/t15-/m1/s1. The van der Waals surface area contributed by atoms with E-state index in [1.165, 1.54) is 11.8 Å². The number of esters is 1. The number of carbonyl (C=O) groups excluding carboxylic acids is 2. The molecule has 0 bridgehead atoms. The maximum absolute atomic E-state index is 12.0. The molecule has 0 unspecified atom stereocenters. The quantitative estimate of drug-likeness (QED) is 0.619. The summed E-state index contributed by atoms with van der Waals surface area (Å²) < 4.78 is 5.08. The lowest BCUT2D eigenvalue weighted by atomic mass is 10.1. The van der Waals surface area contributed by atoms with Crippen molar-refractivity contribution in [1.82, 2.24) is 5.32 Å². The highest BCUT2D eigenvalue weighted by atomic mass is 32.2. The summed E-state index contributed by atoms with van der Waals surface area (Å²) >= 11 is 1.41. The van der Waals surface area contributed by atoms with E-state index in [9.17, 15) is 9.59 Å². The number of ether oxygens (including phenoxy) is 1. The molecule has 0 fully saturated rings. The molecule has 0 radical (unpaired) electrons. The van der Waals surface area contributed by atoms with Crippen LogP contribution < -0.4 is 5.32 Å². The average Bonchev–Trinajstić information content (AvgIpc) is 2.59. The van der Waals surface area contributed by atoms with Gasteiger partial charge in [0, 0.05) is 11.4 Å². The summed E-state index contributed by atoms with van der Waals surface area (Å²) in [7, 11) is 0. The molecule has 0 aliphatic rings. The van der Waals surface area contributed by atoms with E-state index in [2.05, 4.69) is 5.32 Å². The first-order valence-electron chi connectivity index (χ1n) is 7.76. The van der Waals surface area contributed by atoms with Crippen LogP contribution in [0.1, 0.15) is 18.1 Å². The molecule has 2 rings (SSSR count). The molecule has 0 heterocycles. The third kappa shape index (κ3) is 5.74. The van der Waals surface area contributed by atoms with Crippen molar-refractivity contribution in [2.24, 2.45) is 0 Å². The van der Waals surface area contributed by atoms with Crippen LogP contribution in [0.15, 0.2) is 59.5 Å². The van der Waals surface area contributed by atoms with Crippen molar-refractivity contribution in [3.63, 3.8) is 0 Å². The van der Waals surface area contributed by atoms with Crippen LogP contribution in [0.2, 0.25) is 0 Å². The molecule has 1 atom stereocenters. The number of hydrogen-bond donors (Lipinski definition) is 1. The minimum Gasteiger partial charge on any atom is -0.455 e. The molecule has 0 saturated heterocycles. The average molecular weight is 343 g/mol. The Morgan fingerprint density at radius 2 is 1.75 bits per heavy atom. The first-order chi connectivity index (χ1) is 11.6. The lowest BCUT2D eigenvalue weighted by Gasteiger charge is -2.12. The Hall–Kier alpha value is -2.27. The van der Waals surface area contributed by atoms with Gasteiger partial charge in [-0.3, -0.25) is 9.59 Å². The lowest BCUT2D eigenvalue weighted by Crippen LogP contribution is -2.30. The van der Waals surface area contributed by atoms with Gasteiger partial charge in [0.05, 0.1) is 0 Å². The molecule has 0 spiro atoms. The van der Waals surface area contributed by atoms with E-state index in [1.54, 1.807) is 6.92 Å². The van der Waals surface area contributed by atoms with Gasteiger partial charge in [0.2, 0.25) is 0 Å². The minimum atomic E-state index is -0.394. The number of aryl methyl sites for hydroxylation is 1. The second-order valence-corrected chi connectivity index (χ2v) is 6.80. The summed E-state index contributed by atoms with van der Waals surface area (Å²) in [4.78, 5) is 24.8. The Morgan fingerprint density at radius 3 is 2.46 bits per heavy atom. The number of thioether (sulfide) groups is 1. The highest BCUT2D eigenvalue weighted by molar-refractivity contribution is 8.00. The Kier molecular flexibility index (Phi) is 6.88. The van der Waals surface area contributed by atoms with Gasteiger partial charge in [-0.25, -0.2) is 0 Å². The zero-order chi connectivity index (χ0) is 17.4. The molecule has 2 aromatic rings. The van der Waals surface area contributed by atoms with Crippen LogP contribution in [0, 0.1) is 6.92 Å². The summed E-state index contributed by atoms with van der Waals surface area (Å²) in [5.74, 6) is -0.696. The first-order valence-corrected chi connectivity index (χ1v) is 8.64. The maximum Gasteiger partial charge on any atom is 0.319 e. The van der Waals surface area contributed by atoms with Crippen molar-refractivity contribution in [3.8, 4) is 0 Å². The van der Waals surface area contributed by atoms with Gasteiger partial charge in [-0.2, -0.15) is 0 Å². The van der Waals surface area contributed by atoms with Gasteiger partial charge in [-0.15, -0.1) is 11.8 Å². The Labute approximate surface area is 146 Å². The van der Waals surface area contributed by atoms with Crippen LogP contribution in [0.3, 0.4) is 0 Å². The molecule has 5 heteroatoms. The second-order valence-electron chi connectivity index (χ2n) is 5.38. The molecule has 0 aliphatic heterocycles. The molecule has 0 aromatic heterocycles. The number of nitrogens with one attached hydrogen (secondary N) is 1. The first kappa shape index (κ1) is 18.1. The smallest absolute Gasteiger partial charge is 0.319 e. The van der Waals surface area contributed by atoms with Crippen molar-refractivity contribution in [2.75, 3.05) is 6.61 Å². The minimum absolute atomic E-state index is 0.260. The number of rotatable bonds is 7. The van der Waals surface area contributed by atoms with Crippen molar-refractivity contribution < 1.29 is 14.3 Å². The van der Waals surface area contributed by atoms with Gasteiger partial charge >= 0.3 is 5.97 Å². The largest absolute Gasteiger partial charge is 0.455 e. The molecular formula is C19H21NO3S. The number of carbonyl (C=O) groups is 2. The molecule has 24 heavy (non-hydrogen) atoms. The van der Waals surface area contributed by atoms with Crippen LogP contribution in [-0.4, -0.2) is 23.7 Å². The van der Waals surface area contributed by atoms with Gasteiger partial charge in [-0.1, -0.05) is 42.5 Å². The molecule has 4 nitrogen and oxygen atoms in total. The van der Waals surface area contributed by atoms with Crippen LogP contribution >= 0.6 is 11.8 Å². The van der Waals surface area contributed by atoms with Crippen LogP contribution in [0.4, 0.5) is 0 Å². The summed E-state index contributed by atoms with van der Waals surface area (Å²) in [6.45, 7) is 3.93. The van der Waals surface area contributed by atoms with Gasteiger partial charge < -0.3 is 10.1 Å². The molecule has 126 valence electrons. The SMILES string of the molecule is Cc1ccccc1CNC(=O)COC(=O)[C@@H](C)Sc1ccccc1. The van der Waals surface area contributed by atoms with Gasteiger partial charge in [-0.05, 0) is 37.1 Å². The van der Waals surface area contributed by atoms with E-state index < -0.39 is 5.97 Å². The van der Waals surface area contributed by atoms with Crippen molar-refractivity contribution in [3.05, 3.63) is 65.7 Å². The monoisotopic (exact) mass is 343 g/mol. The second kappa shape index (κ2) is 9.13. The van der Waals surface area contributed by atoms with Crippen molar-refractivity contribution >= 4 is 23.6 Å². The third-order valence-electron chi connectivity index (χ3n) is 3.47. The molecule has 1 amide bonds. The van der Waals surface area contributed by atoms with Crippen LogP contribution in [-0.2, 0) is 20.9 Å². The van der Waals surface area contributed by atoms with Gasteiger partial charge in [0.1, 0.15) is 5.25 Å². The Balaban J connectivity index is 1.73. The molecule has 2 aromatic carbocycles. The summed E-state index contributed by atoms with van der Waals surface area (Å²) in [5, 5.41) is 2.40. The molecule has 1 N–H and O–H groups in total. The predicted octanol–water partition coefficient (Wildman–Crippen LogP) is 3.34.